The Kier molecular flexibility index (Phi) is 17.2. The van der Waals surface area contributed by atoms with Crippen molar-refractivity contribution in [1.82, 2.24) is 9.80 Å². The maximum Gasteiger partial charge on any atom is 0.142 e. The molecule has 0 bridgehead atoms. The fourth-order valence-electron chi connectivity index (χ4n) is 7.13. The fraction of sp³-hybridized carbons (Fsp3) is 0.641. The van der Waals surface area contributed by atoms with Gasteiger partial charge in [-0.3, -0.25) is 9.80 Å². The van der Waals surface area contributed by atoms with Gasteiger partial charge in [0, 0.05) is 64.9 Å². The van der Waals surface area contributed by atoms with Gasteiger partial charge in [-0.25, -0.2) is 0 Å². The van der Waals surface area contributed by atoms with E-state index in [0.717, 1.165) is 67.9 Å². The summed E-state index contributed by atoms with van der Waals surface area (Å²) in [5.74, 6) is 2.63. The van der Waals surface area contributed by atoms with Crippen LogP contribution in [-0.4, -0.2) is 81.9 Å². The molecule has 5 nitrogen and oxygen atoms in total. The first kappa shape index (κ1) is 37.2. The lowest BCUT2D eigenvalue weighted by molar-refractivity contribution is 0.169. The van der Waals surface area contributed by atoms with Crippen LogP contribution in [0.1, 0.15) is 79.6 Å². The normalized spacial score (nSPS) is 20.1. The van der Waals surface area contributed by atoms with Crippen LogP contribution in [0.4, 0.5) is 11.4 Å². The molecule has 252 valence electrons. The summed E-state index contributed by atoms with van der Waals surface area (Å²) in [6, 6.07) is 17.3. The van der Waals surface area contributed by atoms with Crippen LogP contribution in [0.15, 0.2) is 60.7 Å². The van der Waals surface area contributed by atoms with Gasteiger partial charge < -0.3 is 14.5 Å². The van der Waals surface area contributed by atoms with Gasteiger partial charge in [-0.1, -0.05) is 102 Å². The second-order valence-corrected chi connectivity index (χ2v) is 12.9. The smallest absolute Gasteiger partial charge is 0.142 e. The topological polar surface area (TPSA) is 22.2 Å². The van der Waals surface area contributed by atoms with E-state index in [4.69, 9.17) is 16.3 Å². The number of unbranched alkanes of at least 4 members (excludes halogenated alkanes) is 1. The highest BCUT2D eigenvalue weighted by atomic mass is 35.5. The zero-order valence-corrected chi connectivity index (χ0v) is 30.2. The van der Waals surface area contributed by atoms with Gasteiger partial charge in [-0.05, 0) is 61.8 Å². The van der Waals surface area contributed by atoms with E-state index in [1.54, 1.807) is 7.11 Å². The molecule has 1 aliphatic carbocycles. The Hall–Kier alpha value is -2.21. The van der Waals surface area contributed by atoms with E-state index < -0.39 is 0 Å². The van der Waals surface area contributed by atoms with Gasteiger partial charge in [0.05, 0.1) is 23.5 Å². The van der Waals surface area contributed by atoms with Crippen LogP contribution < -0.4 is 14.5 Å². The number of piperazine rings is 2. The number of para-hydroxylation sites is 3. The van der Waals surface area contributed by atoms with Crippen LogP contribution >= 0.6 is 11.6 Å². The molecule has 2 fully saturated rings. The lowest BCUT2D eigenvalue weighted by Crippen LogP contribution is -2.50. The molecule has 3 aliphatic rings. The third kappa shape index (κ3) is 11.2. The maximum absolute atomic E-state index is 6.32. The highest BCUT2D eigenvalue weighted by molar-refractivity contribution is 6.33. The van der Waals surface area contributed by atoms with Crippen LogP contribution in [0.3, 0.4) is 0 Å². The molecule has 2 saturated heterocycles. The zero-order chi connectivity index (χ0) is 32.4. The minimum atomic E-state index is 0.768. The van der Waals surface area contributed by atoms with Crippen LogP contribution in [0.25, 0.3) is 0 Å². The van der Waals surface area contributed by atoms with Crippen molar-refractivity contribution in [2.45, 2.75) is 85.6 Å². The Labute approximate surface area is 281 Å². The van der Waals surface area contributed by atoms with Crippen LogP contribution in [0, 0.1) is 11.8 Å². The third-order valence-electron chi connectivity index (χ3n) is 9.86. The van der Waals surface area contributed by atoms with Crippen molar-refractivity contribution in [2.75, 3.05) is 75.8 Å². The second kappa shape index (κ2) is 20.8. The predicted octanol–water partition coefficient (Wildman–Crippen LogP) is 9.27. The summed E-state index contributed by atoms with van der Waals surface area (Å²) in [7, 11) is 1.76. The number of nitrogens with zero attached hydrogens (tertiary/aromatic N) is 4. The Bertz CT molecular complexity index is 1090. The van der Waals surface area contributed by atoms with Crippen molar-refractivity contribution in [3.8, 4) is 5.75 Å². The lowest BCUT2D eigenvalue weighted by Gasteiger charge is -2.40. The summed E-state index contributed by atoms with van der Waals surface area (Å²) in [6.07, 6.45) is 14.0. The summed E-state index contributed by atoms with van der Waals surface area (Å²) in [5, 5.41) is 0.874. The first-order chi connectivity index (χ1) is 22.1. The number of hydrogen-bond donors (Lipinski definition) is 0. The molecule has 3 unspecified atom stereocenters. The number of ether oxygens (including phenoxy) is 1. The summed E-state index contributed by atoms with van der Waals surface area (Å²) in [4.78, 5) is 10.2. The quantitative estimate of drug-likeness (QED) is 0.216. The Morgan fingerprint density at radius 2 is 1.42 bits per heavy atom. The van der Waals surface area contributed by atoms with Gasteiger partial charge >= 0.3 is 0 Å². The minimum Gasteiger partial charge on any atom is -0.495 e. The third-order valence-corrected chi connectivity index (χ3v) is 10.2. The number of halogens is 1. The number of hydrogen-bond acceptors (Lipinski definition) is 5. The fourth-order valence-corrected chi connectivity index (χ4v) is 7.39. The number of methoxy groups -OCH3 is 1. The van der Waals surface area contributed by atoms with E-state index >= 15 is 0 Å². The second-order valence-electron chi connectivity index (χ2n) is 12.5. The molecule has 0 radical (unpaired) electrons. The summed E-state index contributed by atoms with van der Waals surface area (Å²) >= 11 is 6.32. The number of anilines is 2. The van der Waals surface area contributed by atoms with E-state index in [2.05, 4.69) is 82.9 Å². The molecular formula is C39H63ClN4O. The van der Waals surface area contributed by atoms with Gasteiger partial charge in [0.25, 0.3) is 0 Å². The zero-order valence-electron chi connectivity index (χ0n) is 29.4. The van der Waals surface area contributed by atoms with Gasteiger partial charge in [0.1, 0.15) is 5.75 Å². The van der Waals surface area contributed by atoms with Gasteiger partial charge in [-0.2, -0.15) is 0 Å². The Morgan fingerprint density at radius 3 is 2.00 bits per heavy atom. The molecule has 2 aromatic rings. The van der Waals surface area contributed by atoms with Gasteiger partial charge in [0.2, 0.25) is 0 Å². The maximum atomic E-state index is 6.32. The van der Waals surface area contributed by atoms with Crippen molar-refractivity contribution in [1.29, 1.82) is 0 Å². The van der Waals surface area contributed by atoms with Crippen molar-refractivity contribution in [3.63, 3.8) is 0 Å². The van der Waals surface area contributed by atoms with E-state index in [1.165, 1.54) is 76.0 Å². The number of allylic oxidation sites excluding steroid dienone is 2. The van der Waals surface area contributed by atoms with E-state index in [9.17, 15) is 0 Å². The van der Waals surface area contributed by atoms with Crippen molar-refractivity contribution in [2.24, 2.45) is 11.8 Å². The van der Waals surface area contributed by atoms with E-state index in [1.807, 2.05) is 32.0 Å². The molecule has 0 N–H and O–H groups in total. The molecule has 0 spiro atoms. The number of rotatable bonds is 12. The molecule has 0 saturated carbocycles. The van der Waals surface area contributed by atoms with E-state index in [0.29, 0.717) is 0 Å². The monoisotopic (exact) mass is 638 g/mol. The molecule has 2 aliphatic heterocycles. The average Bonchev–Trinajstić information content (AvgIpc) is 3.65. The van der Waals surface area contributed by atoms with Gasteiger partial charge in [-0.15, -0.1) is 0 Å². The lowest BCUT2D eigenvalue weighted by atomic mass is 9.89. The summed E-state index contributed by atoms with van der Waals surface area (Å²) in [6.45, 7) is 21.2. The number of benzene rings is 2. The molecule has 3 atom stereocenters. The molecule has 45 heavy (non-hydrogen) atoms. The highest BCUT2D eigenvalue weighted by Crippen LogP contribution is 2.31. The van der Waals surface area contributed by atoms with Crippen molar-refractivity contribution >= 4 is 23.0 Å². The molecule has 0 amide bonds. The molecule has 2 aromatic carbocycles. The van der Waals surface area contributed by atoms with Crippen LogP contribution in [-0.2, 0) is 0 Å². The average molecular weight is 639 g/mol. The molecular weight excluding hydrogens is 576 g/mol. The predicted molar refractivity (Wildman–Crippen MR) is 197 cm³/mol. The van der Waals surface area contributed by atoms with Crippen LogP contribution in [0.2, 0.25) is 5.02 Å². The van der Waals surface area contributed by atoms with E-state index in [-0.39, 0.29) is 0 Å². The van der Waals surface area contributed by atoms with Gasteiger partial charge in [0.15, 0.2) is 0 Å². The molecule has 2 heterocycles. The first-order valence-electron chi connectivity index (χ1n) is 18.1. The molecule has 0 aromatic heterocycles. The largest absolute Gasteiger partial charge is 0.495 e. The first-order valence-corrected chi connectivity index (χ1v) is 18.5. The van der Waals surface area contributed by atoms with Crippen molar-refractivity contribution < 1.29 is 4.74 Å². The van der Waals surface area contributed by atoms with Crippen molar-refractivity contribution in [3.05, 3.63) is 65.7 Å². The Balaban J connectivity index is 0.000000233. The summed E-state index contributed by atoms with van der Waals surface area (Å²) in [5.41, 5.74) is 2.43. The molecule has 6 heteroatoms. The molecule has 5 rings (SSSR count). The van der Waals surface area contributed by atoms with Crippen LogP contribution in [0.5, 0.6) is 5.75 Å². The minimum absolute atomic E-state index is 0.768. The Morgan fingerprint density at radius 1 is 0.800 bits per heavy atom. The highest BCUT2D eigenvalue weighted by Gasteiger charge is 2.26. The summed E-state index contributed by atoms with van der Waals surface area (Å²) < 4.78 is 5.49. The standard InChI is InChI=1S/C19H27ClN2.C18H30N2O.C2H6/c1-2-16(17-7-3-4-8-17)15-21-11-13-22(14-12-21)19-10-6-5-9-18(19)20;1-4-6-9-16(5-2)19-12-14-20(15-13-19)17-10-7-8-11-18(17)21-3;1-2/h3,5-7,9-10,16-17H,2,4,8,11-15H2,1H3;7-8,10-11,16H,4-6,9,12-15H2,1-3H3;1-2H3. The SMILES string of the molecule is CC.CCC(CN1CCN(c2ccccc2Cl)CC1)C1C=CCC1.CCCCC(CC)N1CCN(c2ccccc2OC)CC1.